The van der Waals surface area contributed by atoms with Gasteiger partial charge in [-0.05, 0) is 103 Å². The summed E-state index contributed by atoms with van der Waals surface area (Å²) in [4.78, 5) is 2.31. The Kier molecular flexibility index (Phi) is 6.28. The fourth-order valence-electron chi connectivity index (χ4n) is 8.64. The smallest absolute Gasteiger partial charge is 0.0553 e. The van der Waals surface area contributed by atoms with Crippen molar-refractivity contribution in [3.05, 3.63) is 194 Å². The first-order chi connectivity index (χ1) is 25.8. The maximum atomic E-state index is 2.47. The molecule has 0 bridgehead atoms. The van der Waals surface area contributed by atoms with Crippen molar-refractivity contribution in [3.8, 4) is 16.8 Å². The molecular weight excluding hydrogens is 629 g/mol. The van der Waals surface area contributed by atoms with Gasteiger partial charge in [0, 0.05) is 33.2 Å². The Morgan fingerprint density at radius 1 is 0.327 bits per heavy atom. The topological polar surface area (TPSA) is 8.17 Å². The maximum absolute atomic E-state index is 2.47. The van der Waals surface area contributed by atoms with Crippen LogP contribution in [0.15, 0.2) is 194 Å². The van der Waals surface area contributed by atoms with Crippen molar-refractivity contribution >= 4 is 82.0 Å². The van der Waals surface area contributed by atoms with Crippen LogP contribution in [0.5, 0.6) is 0 Å². The van der Waals surface area contributed by atoms with Crippen LogP contribution in [0.1, 0.15) is 0 Å². The molecule has 1 aromatic heterocycles. The number of aromatic nitrogens is 1. The summed E-state index contributed by atoms with van der Waals surface area (Å²) in [6.07, 6.45) is 0. The van der Waals surface area contributed by atoms with E-state index in [-0.39, 0.29) is 0 Å². The van der Waals surface area contributed by atoms with Crippen molar-refractivity contribution in [1.29, 1.82) is 0 Å². The van der Waals surface area contributed by atoms with Gasteiger partial charge in [0.15, 0.2) is 0 Å². The van der Waals surface area contributed by atoms with Gasteiger partial charge < -0.3 is 9.47 Å². The van der Waals surface area contributed by atoms with E-state index in [2.05, 4.69) is 204 Å². The Hall–Kier alpha value is -6.90. The van der Waals surface area contributed by atoms with Crippen molar-refractivity contribution in [3.63, 3.8) is 0 Å². The predicted molar refractivity (Wildman–Crippen MR) is 222 cm³/mol. The van der Waals surface area contributed by atoms with Crippen molar-refractivity contribution in [2.75, 3.05) is 4.90 Å². The lowest BCUT2D eigenvalue weighted by atomic mass is 9.88. The van der Waals surface area contributed by atoms with E-state index < -0.39 is 0 Å². The molecule has 11 aromatic rings. The quantitative estimate of drug-likeness (QED) is 0.167. The third-order valence-electron chi connectivity index (χ3n) is 10.9. The fraction of sp³-hybridized carbons (Fsp3) is 0. The van der Waals surface area contributed by atoms with Gasteiger partial charge in [-0.15, -0.1) is 0 Å². The van der Waals surface area contributed by atoms with Crippen LogP contribution >= 0.6 is 0 Å². The predicted octanol–water partition coefficient (Wildman–Crippen LogP) is 14.0. The molecule has 0 saturated heterocycles. The molecule has 2 nitrogen and oxygen atoms in total. The van der Waals surface area contributed by atoms with Crippen molar-refractivity contribution in [2.45, 2.75) is 0 Å². The zero-order chi connectivity index (χ0) is 34.2. The van der Waals surface area contributed by atoms with E-state index in [1.165, 1.54) is 81.7 Å². The van der Waals surface area contributed by atoms with Gasteiger partial charge in [-0.2, -0.15) is 0 Å². The Balaban J connectivity index is 1.12. The zero-order valence-electron chi connectivity index (χ0n) is 28.4. The molecule has 0 aliphatic carbocycles. The molecule has 0 atom stereocenters. The minimum atomic E-state index is 1.13. The monoisotopic (exact) mass is 660 g/mol. The molecule has 1 heterocycles. The third kappa shape index (κ3) is 4.25. The van der Waals surface area contributed by atoms with Crippen LogP contribution in [0.25, 0.3) is 81.7 Å². The van der Waals surface area contributed by atoms with Crippen molar-refractivity contribution in [1.82, 2.24) is 4.57 Å². The van der Waals surface area contributed by atoms with E-state index in [1.807, 2.05) is 0 Å². The largest absolute Gasteiger partial charge is 0.311 e. The van der Waals surface area contributed by atoms with Gasteiger partial charge in [-0.3, -0.25) is 0 Å². The number of fused-ring (bicyclic) bond motifs is 5. The van der Waals surface area contributed by atoms with Crippen LogP contribution in [0.3, 0.4) is 0 Å². The number of nitrogens with zero attached hydrogens (tertiary/aromatic N) is 2. The van der Waals surface area contributed by atoms with E-state index in [0.717, 1.165) is 17.1 Å². The highest BCUT2D eigenvalue weighted by molar-refractivity contribution is 6.34. The standard InChI is InChI=1S/C50H32N2/c1-3-14-37(15-4-1)51(38-16-5-2-6-17-38)39-27-22-34(23-28-39)40-29-24-35-25-31-44-49-36(26-30-42(40)48(35)49)32-47-50(44)43-19-9-10-20-46(43)52(47)45-21-11-13-33-12-7-8-18-41(33)45/h1-32H. The molecule has 242 valence electrons. The lowest BCUT2D eigenvalue weighted by Crippen LogP contribution is -2.09. The van der Waals surface area contributed by atoms with Gasteiger partial charge in [0.05, 0.1) is 16.7 Å². The summed E-state index contributed by atoms with van der Waals surface area (Å²) in [7, 11) is 0. The molecule has 0 unspecified atom stereocenters. The Morgan fingerprint density at radius 2 is 0.923 bits per heavy atom. The summed E-state index contributed by atoms with van der Waals surface area (Å²) in [5.74, 6) is 0. The van der Waals surface area contributed by atoms with Crippen molar-refractivity contribution < 1.29 is 0 Å². The summed E-state index contributed by atoms with van der Waals surface area (Å²) in [5.41, 5.74) is 9.53. The highest BCUT2D eigenvalue weighted by Gasteiger charge is 2.20. The molecular formula is C50H32N2. The number of hydrogen-bond acceptors (Lipinski definition) is 1. The van der Waals surface area contributed by atoms with Crippen LogP contribution in [0.4, 0.5) is 17.1 Å². The van der Waals surface area contributed by atoms with Gasteiger partial charge >= 0.3 is 0 Å². The summed E-state index contributed by atoms with van der Waals surface area (Å²) in [6.45, 7) is 0. The van der Waals surface area contributed by atoms with Crippen molar-refractivity contribution in [2.24, 2.45) is 0 Å². The molecule has 0 aliphatic rings. The molecule has 11 rings (SSSR count). The first-order valence-corrected chi connectivity index (χ1v) is 17.9. The average molecular weight is 661 g/mol. The first kappa shape index (κ1) is 28.9. The molecule has 0 N–H and O–H groups in total. The van der Waals surface area contributed by atoms with Crippen LogP contribution in [0, 0.1) is 0 Å². The van der Waals surface area contributed by atoms with Crippen LogP contribution in [-0.4, -0.2) is 4.57 Å². The summed E-state index contributed by atoms with van der Waals surface area (Å²) in [5, 5.41) is 12.9. The summed E-state index contributed by atoms with van der Waals surface area (Å²) < 4.78 is 2.47. The van der Waals surface area contributed by atoms with E-state index in [9.17, 15) is 0 Å². The summed E-state index contributed by atoms with van der Waals surface area (Å²) in [6, 6.07) is 70.8. The number of anilines is 3. The Bertz CT molecular complexity index is 3060. The summed E-state index contributed by atoms with van der Waals surface area (Å²) >= 11 is 0. The van der Waals surface area contributed by atoms with E-state index in [4.69, 9.17) is 0 Å². The zero-order valence-corrected chi connectivity index (χ0v) is 28.4. The molecule has 0 spiro atoms. The first-order valence-electron chi connectivity index (χ1n) is 17.9. The fourth-order valence-corrected chi connectivity index (χ4v) is 8.64. The lowest BCUT2D eigenvalue weighted by molar-refractivity contribution is 1.20. The number of para-hydroxylation sites is 3. The van der Waals surface area contributed by atoms with Gasteiger partial charge in [0.25, 0.3) is 0 Å². The molecule has 2 heteroatoms. The average Bonchev–Trinajstić information content (AvgIpc) is 3.54. The number of rotatable bonds is 5. The minimum absolute atomic E-state index is 1.13. The molecule has 0 amide bonds. The molecule has 0 aliphatic heterocycles. The highest BCUT2D eigenvalue weighted by Crippen LogP contribution is 2.46. The van der Waals surface area contributed by atoms with Gasteiger partial charge in [-0.1, -0.05) is 140 Å². The van der Waals surface area contributed by atoms with Crippen LogP contribution in [-0.2, 0) is 0 Å². The second-order valence-corrected chi connectivity index (χ2v) is 13.7. The molecule has 0 saturated carbocycles. The van der Waals surface area contributed by atoms with Crippen LogP contribution < -0.4 is 4.90 Å². The number of hydrogen-bond donors (Lipinski definition) is 0. The normalized spacial score (nSPS) is 11.8. The Morgan fingerprint density at radius 3 is 1.71 bits per heavy atom. The minimum Gasteiger partial charge on any atom is -0.311 e. The van der Waals surface area contributed by atoms with E-state index >= 15 is 0 Å². The maximum Gasteiger partial charge on any atom is 0.0553 e. The van der Waals surface area contributed by atoms with Crippen LogP contribution in [0.2, 0.25) is 0 Å². The SMILES string of the molecule is c1ccc(N(c2ccccc2)c2ccc(-c3ccc4ccc5c6c(ccc3c46)cc3c5c4ccccc4n3-c3cccc4ccccc34)cc2)cc1. The number of benzene rings is 10. The Labute approximate surface area is 301 Å². The van der Waals surface area contributed by atoms with E-state index in [1.54, 1.807) is 0 Å². The molecule has 0 fully saturated rings. The second kappa shape index (κ2) is 11.3. The lowest BCUT2D eigenvalue weighted by Gasteiger charge is -2.25. The van der Waals surface area contributed by atoms with E-state index in [0.29, 0.717) is 0 Å². The molecule has 52 heavy (non-hydrogen) atoms. The third-order valence-corrected chi connectivity index (χ3v) is 10.9. The van der Waals surface area contributed by atoms with Gasteiger partial charge in [-0.25, -0.2) is 0 Å². The van der Waals surface area contributed by atoms with Gasteiger partial charge in [0.2, 0.25) is 0 Å². The molecule has 0 radical (unpaired) electrons. The molecule has 10 aromatic carbocycles. The highest BCUT2D eigenvalue weighted by atomic mass is 15.1. The second-order valence-electron chi connectivity index (χ2n) is 13.7. The van der Waals surface area contributed by atoms with Gasteiger partial charge in [0.1, 0.15) is 0 Å².